The summed E-state index contributed by atoms with van der Waals surface area (Å²) in [5.41, 5.74) is 3.39. The molecule has 0 radical (unpaired) electrons. The van der Waals surface area contributed by atoms with E-state index in [0.29, 0.717) is 5.56 Å². The smallest absolute Gasteiger partial charge is 0.257 e. The molecule has 1 heterocycles. The van der Waals surface area contributed by atoms with Crippen molar-refractivity contribution in [2.45, 2.75) is 0 Å². The average molecular weight is 279 g/mol. The molecule has 106 valence electrons. The number of H-pyrrole nitrogens is 1. The van der Waals surface area contributed by atoms with Crippen molar-refractivity contribution in [2.75, 3.05) is 24.3 Å². The fraction of sp³-hybridized carbons (Fsp3) is 0.118. The van der Waals surface area contributed by atoms with Crippen molar-refractivity contribution in [1.29, 1.82) is 0 Å². The van der Waals surface area contributed by atoms with Crippen LogP contribution >= 0.6 is 0 Å². The lowest BCUT2D eigenvalue weighted by Gasteiger charge is -2.17. The molecule has 0 spiro atoms. The van der Waals surface area contributed by atoms with Crippen LogP contribution in [0.3, 0.4) is 0 Å². The molecule has 1 aromatic heterocycles. The first-order valence-corrected chi connectivity index (χ1v) is 6.80. The second-order valence-electron chi connectivity index (χ2n) is 5.11. The predicted octanol–water partition coefficient (Wildman–Crippen LogP) is 3.49. The number of benzene rings is 2. The van der Waals surface area contributed by atoms with Gasteiger partial charge in [0.2, 0.25) is 0 Å². The van der Waals surface area contributed by atoms with Gasteiger partial charge in [0.15, 0.2) is 0 Å². The van der Waals surface area contributed by atoms with Gasteiger partial charge in [-0.05, 0) is 18.2 Å². The van der Waals surface area contributed by atoms with E-state index in [4.69, 9.17) is 0 Å². The predicted molar refractivity (Wildman–Crippen MR) is 87.0 cm³/mol. The molecule has 4 heteroatoms. The highest BCUT2D eigenvalue weighted by Crippen LogP contribution is 2.25. The molecule has 21 heavy (non-hydrogen) atoms. The van der Waals surface area contributed by atoms with E-state index in [2.05, 4.69) is 10.3 Å². The Kier molecular flexibility index (Phi) is 3.36. The molecule has 2 N–H and O–H groups in total. The summed E-state index contributed by atoms with van der Waals surface area (Å²) in [4.78, 5) is 17.6. The fourth-order valence-electron chi connectivity index (χ4n) is 2.42. The molecule has 1 amide bonds. The zero-order valence-corrected chi connectivity index (χ0v) is 12.1. The zero-order valence-electron chi connectivity index (χ0n) is 12.1. The molecule has 0 aliphatic carbocycles. The monoisotopic (exact) mass is 279 g/mol. The van der Waals surface area contributed by atoms with Crippen LogP contribution in [-0.2, 0) is 0 Å². The van der Waals surface area contributed by atoms with Crippen molar-refractivity contribution in [3.8, 4) is 0 Å². The molecular formula is C17H17N3O. The summed E-state index contributed by atoms with van der Waals surface area (Å²) in [7, 11) is 3.91. The number of aromatic nitrogens is 1. The summed E-state index contributed by atoms with van der Waals surface area (Å²) in [6.45, 7) is 0. The van der Waals surface area contributed by atoms with Crippen molar-refractivity contribution < 1.29 is 4.79 Å². The normalized spacial score (nSPS) is 10.6. The van der Waals surface area contributed by atoms with E-state index in [0.717, 1.165) is 22.3 Å². The van der Waals surface area contributed by atoms with Crippen LogP contribution in [0.4, 0.5) is 11.4 Å². The van der Waals surface area contributed by atoms with Crippen LogP contribution in [0.15, 0.2) is 54.7 Å². The molecule has 0 saturated carbocycles. The number of carbonyl (C=O) groups is 1. The van der Waals surface area contributed by atoms with Crippen molar-refractivity contribution in [2.24, 2.45) is 0 Å². The van der Waals surface area contributed by atoms with Crippen LogP contribution in [-0.4, -0.2) is 25.0 Å². The summed E-state index contributed by atoms with van der Waals surface area (Å²) in [5, 5.41) is 3.91. The number of amides is 1. The molecule has 0 saturated heterocycles. The standard InChI is InChI=1S/C17H17N3O/c1-20(2)16-10-6-5-9-15(16)19-17(21)13-11-18-14-8-4-3-7-12(13)14/h3-11,18H,1-2H3,(H,19,21). The summed E-state index contributed by atoms with van der Waals surface area (Å²) >= 11 is 0. The Balaban J connectivity index is 1.94. The molecule has 3 aromatic rings. The van der Waals surface area contributed by atoms with Crippen LogP contribution in [0.2, 0.25) is 0 Å². The zero-order chi connectivity index (χ0) is 14.8. The Morgan fingerprint density at radius 2 is 1.76 bits per heavy atom. The quantitative estimate of drug-likeness (QED) is 0.771. The third kappa shape index (κ3) is 2.48. The van der Waals surface area contributed by atoms with E-state index >= 15 is 0 Å². The molecule has 0 aliphatic rings. The van der Waals surface area contributed by atoms with Gasteiger partial charge in [-0.25, -0.2) is 0 Å². The lowest BCUT2D eigenvalue weighted by Crippen LogP contribution is -2.16. The maximum absolute atomic E-state index is 12.5. The Hall–Kier alpha value is -2.75. The number of anilines is 2. The Labute approximate surface area is 123 Å². The first kappa shape index (κ1) is 13.2. The van der Waals surface area contributed by atoms with Gasteiger partial charge in [0.05, 0.1) is 16.9 Å². The van der Waals surface area contributed by atoms with Crippen molar-refractivity contribution in [1.82, 2.24) is 4.98 Å². The molecule has 0 unspecified atom stereocenters. The van der Waals surface area contributed by atoms with E-state index in [1.807, 2.05) is 67.5 Å². The molecule has 2 aromatic carbocycles. The van der Waals surface area contributed by atoms with Gasteiger partial charge < -0.3 is 15.2 Å². The van der Waals surface area contributed by atoms with Gasteiger partial charge in [0.1, 0.15) is 0 Å². The van der Waals surface area contributed by atoms with Gasteiger partial charge in [-0.15, -0.1) is 0 Å². The fourth-order valence-corrected chi connectivity index (χ4v) is 2.42. The van der Waals surface area contributed by atoms with Crippen molar-refractivity contribution in [3.63, 3.8) is 0 Å². The maximum atomic E-state index is 12.5. The van der Waals surface area contributed by atoms with Gasteiger partial charge in [-0.2, -0.15) is 0 Å². The van der Waals surface area contributed by atoms with Gasteiger partial charge in [0.25, 0.3) is 5.91 Å². The second-order valence-corrected chi connectivity index (χ2v) is 5.11. The van der Waals surface area contributed by atoms with E-state index in [1.165, 1.54) is 0 Å². The average Bonchev–Trinajstić information content (AvgIpc) is 2.91. The summed E-state index contributed by atoms with van der Waals surface area (Å²) in [5.74, 6) is -0.109. The van der Waals surface area contributed by atoms with Crippen LogP contribution in [0.1, 0.15) is 10.4 Å². The number of nitrogens with one attached hydrogen (secondary N) is 2. The number of para-hydroxylation sites is 3. The molecular weight excluding hydrogens is 262 g/mol. The highest BCUT2D eigenvalue weighted by Gasteiger charge is 2.13. The van der Waals surface area contributed by atoms with Gasteiger partial charge in [-0.3, -0.25) is 4.79 Å². The first-order chi connectivity index (χ1) is 10.2. The van der Waals surface area contributed by atoms with Gasteiger partial charge in [0, 0.05) is 31.2 Å². The molecule has 0 atom stereocenters. The number of nitrogens with zero attached hydrogens (tertiary/aromatic N) is 1. The lowest BCUT2D eigenvalue weighted by atomic mass is 10.1. The van der Waals surface area contributed by atoms with Gasteiger partial charge >= 0.3 is 0 Å². The van der Waals surface area contributed by atoms with E-state index < -0.39 is 0 Å². The number of hydrogen-bond acceptors (Lipinski definition) is 2. The lowest BCUT2D eigenvalue weighted by molar-refractivity contribution is 0.102. The second kappa shape index (κ2) is 5.32. The van der Waals surface area contributed by atoms with E-state index in [1.54, 1.807) is 6.20 Å². The van der Waals surface area contributed by atoms with Crippen molar-refractivity contribution in [3.05, 3.63) is 60.3 Å². The SMILES string of the molecule is CN(C)c1ccccc1NC(=O)c1c[nH]c2ccccc12. The minimum Gasteiger partial charge on any atom is -0.376 e. The Bertz CT molecular complexity index is 789. The molecule has 3 rings (SSSR count). The Morgan fingerprint density at radius 3 is 2.57 bits per heavy atom. The number of aromatic amines is 1. The maximum Gasteiger partial charge on any atom is 0.257 e. The van der Waals surface area contributed by atoms with Crippen LogP contribution in [0.5, 0.6) is 0 Å². The highest BCUT2D eigenvalue weighted by molar-refractivity contribution is 6.13. The summed E-state index contributed by atoms with van der Waals surface area (Å²) in [6.07, 6.45) is 1.75. The number of rotatable bonds is 3. The van der Waals surface area contributed by atoms with Crippen LogP contribution in [0.25, 0.3) is 10.9 Å². The molecule has 0 fully saturated rings. The summed E-state index contributed by atoms with van der Waals surface area (Å²) < 4.78 is 0. The minimum absolute atomic E-state index is 0.109. The largest absolute Gasteiger partial charge is 0.376 e. The van der Waals surface area contributed by atoms with Crippen molar-refractivity contribution >= 4 is 28.2 Å². The van der Waals surface area contributed by atoms with Crippen LogP contribution < -0.4 is 10.2 Å². The Morgan fingerprint density at radius 1 is 1.05 bits per heavy atom. The topological polar surface area (TPSA) is 48.1 Å². The third-order valence-corrected chi connectivity index (χ3v) is 3.47. The number of carbonyl (C=O) groups excluding carboxylic acids is 1. The number of hydrogen-bond donors (Lipinski definition) is 2. The first-order valence-electron chi connectivity index (χ1n) is 6.80. The number of fused-ring (bicyclic) bond motifs is 1. The van der Waals surface area contributed by atoms with Gasteiger partial charge in [-0.1, -0.05) is 30.3 Å². The van der Waals surface area contributed by atoms with E-state index in [9.17, 15) is 4.79 Å². The molecule has 4 nitrogen and oxygen atoms in total. The minimum atomic E-state index is -0.109. The third-order valence-electron chi connectivity index (χ3n) is 3.47. The molecule has 0 aliphatic heterocycles. The summed E-state index contributed by atoms with van der Waals surface area (Å²) in [6, 6.07) is 15.5. The molecule has 0 bridgehead atoms. The highest BCUT2D eigenvalue weighted by atomic mass is 16.1. The van der Waals surface area contributed by atoms with Crippen LogP contribution in [0, 0.1) is 0 Å². The van der Waals surface area contributed by atoms with E-state index in [-0.39, 0.29) is 5.91 Å².